The number of para-hydroxylation sites is 1. The Labute approximate surface area is 172 Å². The molecule has 8 heteroatoms. The molecule has 0 atom stereocenters. The van der Waals surface area contributed by atoms with Gasteiger partial charge in [-0.15, -0.1) is 0 Å². The van der Waals surface area contributed by atoms with E-state index < -0.39 is 6.43 Å². The number of benzene rings is 2. The molecule has 0 aliphatic carbocycles. The van der Waals surface area contributed by atoms with Gasteiger partial charge in [-0.05, 0) is 48.2 Å². The number of anilines is 4. The number of hydrogen-bond donors (Lipinski definition) is 2. The van der Waals surface area contributed by atoms with Gasteiger partial charge < -0.3 is 15.5 Å². The van der Waals surface area contributed by atoms with E-state index in [-0.39, 0.29) is 18.0 Å². The van der Waals surface area contributed by atoms with Crippen LogP contribution >= 0.6 is 0 Å². The number of carbonyl (C=O) groups is 1. The van der Waals surface area contributed by atoms with Crippen LogP contribution < -0.4 is 15.5 Å². The largest absolute Gasteiger partial charge is 0.373 e. The summed E-state index contributed by atoms with van der Waals surface area (Å²) in [5.41, 5.74) is 5.44. The van der Waals surface area contributed by atoms with E-state index in [2.05, 4.69) is 20.6 Å². The Kier molecular flexibility index (Phi) is 4.42. The third-order valence-electron chi connectivity index (χ3n) is 5.65. The van der Waals surface area contributed by atoms with Gasteiger partial charge in [0.05, 0.1) is 29.8 Å². The molecular formula is C22H21F2N5O. The van der Waals surface area contributed by atoms with Crippen molar-refractivity contribution < 1.29 is 13.6 Å². The van der Waals surface area contributed by atoms with Crippen molar-refractivity contribution in [2.75, 3.05) is 28.6 Å². The van der Waals surface area contributed by atoms with Gasteiger partial charge in [0.2, 0.25) is 5.91 Å². The summed E-state index contributed by atoms with van der Waals surface area (Å²) >= 11 is 0. The van der Waals surface area contributed by atoms with E-state index in [1.165, 1.54) is 0 Å². The molecule has 0 spiro atoms. The molecule has 2 aliphatic rings. The van der Waals surface area contributed by atoms with Crippen molar-refractivity contribution in [3.63, 3.8) is 0 Å². The van der Waals surface area contributed by atoms with E-state index in [0.29, 0.717) is 23.4 Å². The smallest absolute Gasteiger partial charge is 0.264 e. The third-order valence-corrected chi connectivity index (χ3v) is 5.65. The zero-order chi connectivity index (χ0) is 20.8. The molecule has 2 aromatic carbocycles. The van der Waals surface area contributed by atoms with E-state index in [1.54, 1.807) is 30.2 Å². The SMILES string of the molecule is Cn1cc(-c2cc3c(cc2C(F)F)N(c2cccc4c2NCC(=O)N4)CCC3)cn1. The van der Waals surface area contributed by atoms with Crippen LogP contribution in [0.15, 0.2) is 42.7 Å². The highest BCUT2D eigenvalue weighted by atomic mass is 19.3. The number of rotatable bonds is 3. The summed E-state index contributed by atoms with van der Waals surface area (Å²) in [5.74, 6) is -0.0974. The van der Waals surface area contributed by atoms with Crippen molar-refractivity contribution in [2.24, 2.45) is 7.05 Å². The lowest BCUT2D eigenvalue weighted by atomic mass is 9.92. The first kappa shape index (κ1) is 18.6. The van der Waals surface area contributed by atoms with Gasteiger partial charge in [-0.3, -0.25) is 9.48 Å². The molecule has 2 N–H and O–H groups in total. The maximum absolute atomic E-state index is 14.0. The average Bonchev–Trinajstić information content (AvgIpc) is 3.17. The predicted octanol–water partition coefficient (Wildman–Crippen LogP) is 4.47. The van der Waals surface area contributed by atoms with Crippen LogP contribution in [0.4, 0.5) is 31.5 Å². The number of nitrogens with zero attached hydrogens (tertiary/aromatic N) is 3. The van der Waals surface area contributed by atoms with Crippen molar-refractivity contribution in [3.05, 3.63) is 53.9 Å². The topological polar surface area (TPSA) is 62.2 Å². The number of halogens is 2. The normalized spacial score (nSPS) is 15.5. The van der Waals surface area contributed by atoms with Crippen molar-refractivity contribution in [1.29, 1.82) is 0 Å². The second-order valence-corrected chi connectivity index (χ2v) is 7.63. The van der Waals surface area contributed by atoms with Crippen LogP contribution in [0.2, 0.25) is 0 Å². The van der Waals surface area contributed by atoms with E-state index in [9.17, 15) is 13.6 Å². The third kappa shape index (κ3) is 3.08. The first-order valence-corrected chi connectivity index (χ1v) is 9.89. The summed E-state index contributed by atoms with van der Waals surface area (Å²) < 4.78 is 29.7. The second-order valence-electron chi connectivity index (χ2n) is 7.63. The van der Waals surface area contributed by atoms with E-state index in [0.717, 1.165) is 35.5 Å². The molecule has 0 saturated carbocycles. The monoisotopic (exact) mass is 409 g/mol. The molecule has 0 bridgehead atoms. The molecule has 154 valence electrons. The Morgan fingerprint density at radius 3 is 2.83 bits per heavy atom. The van der Waals surface area contributed by atoms with Crippen molar-refractivity contribution in [3.8, 4) is 11.1 Å². The van der Waals surface area contributed by atoms with E-state index in [1.807, 2.05) is 24.3 Å². The highest BCUT2D eigenvalue weighted by Crippen LogP contribution is 2.44. The van der Waals surface area contributed by atoms with Crippen LogP contribution in [-0.4, -0.2) is 28.8 Å². The predicted molar refractivity (Wildman–Crippen MR) is 112 cm³/mol. The Hall–Kier alpha value is -3.42. The number of amides is 1. The second kappa shape index (κ2) is 7.12. The molecule has 5 rings (SSSR count). The molecule has 6 nitrogen and oxygen atoms in total. The number of carbonyl (C=O) groups excluding carboxylic acids is 1. The van der Waals surface area contributed by atoms with Gasteiger partial charge in [-0.2, -0.15) is 5.10 Å². The molecule has 0 fully saturated rings. The van der Waals surface area contributed by atoms with Gasteiger partial charge in [0, 0.05) is 36.6 Å². The maximum atomic E-state index is 14.0. The summed E-state index contributed by atoms with van der Waals surface area (Å²) in [4.78, 5) is 13.8. The molecule has 3 aromatic rings. The average molecular weight is 409 g/mol. The molecule has 0 unspecified atom stereocenters. The Morgan fingerprint density at radius 1 is 1.20 bits per heavy atom. The highest BCUT2D eigenvalue weighted by molar-refractivity contribution is 6.04. The summed E-state index contributed by atoms with van der Waals surface area (Å²) in [5, 5.41) is 10.2. The van der Waals surface area contributed by atoms with Crippen LogP contribution in [0.3, 0.4) is 0 Å². The summed E-state index contributed by atoms with van der Waals surface area (Å²) in [6, 6.07) is 9.15. The Balaban J connectivity index is 1.64. The molecule has 0 radical (unpaired) electrons. The lowest BCUT2D eigenvalue weighted by molar-refractivity contribution is -0.114. The van der Waals surface area contributed by atoms with Crippen LogP contribution in [0.25, 0.3) is 11.1 Å². The maximum Gasteiger partial charge on any atom is 0.264 e. The molecule has 30 heavy (non-hydrogen) atoms. The number of hydrogen-bond acceptors (Lipinski definition) is 4. The molecule has 1 amide bonds. The van der Waals surface area contributed by atoms with Gasteiger partial charge in [-0.25, -0.2) is 8.78 Å². The molecule has 1 aromatic heterocycles. The van der Waals surface area contributed by atoms with Crippen LogP contribution in [0.1, 0.15) is 24.0 Å². The number of nitrogens with one attached hydrogen (secondary N) is 2. The van der Waals surface area contributed by atoms with E-state index in [4.69, 9.17) is 0 Å². The Morgan fingerprint density at radius 2 is 2.07 bits per heavy atom. The van der Waals surface area contributed by atoms with Crippen LogP contribution in [0, 0.1) is 0 Å². The molecular weight excluding hydrogens is 388 g/mol. The van der Waals surface area contributed by atoms with Crippen molar-refractivity contribution in [1.82, 2.24) is 9.78 Å². The van der Waals surface area contributed by atoms with Gasteiger partial charge in [0.15, 0.2) is 0 Å². The highest BCUT2D eigenvalue weighted by Gasteiger charge is 2.27. The van der Waals surface area contributed by atoms with Gasteiger partial charge >= 0.3 is 0 Å². The summed E-state index contributed by atoms with van der Waals surface area (Å²) in [7, 11) is 1.77. The minimum absolute atomic E-state index is 0.000268. The fourth-order valence-electron chi connectivity index (χ4n) is 4.31. The fourth-order valence-corrected chi connectivity index (χ4v) is 4.31. The minimum atomic E-state index is -2.60. The minimum Gasteiger partial charge on any atom is -0.373 e. The van der Waals surface area contributed by atoms with Gasteiger partial charge in [0.25, 0.3) is 6.43 Å². The molecule has 0 saturated heterocycles. The number of alkyl halides is 2. The number of aromatic nitrogens is 2. The quantitative estimate of drug-likeness (QED) is 0.670. The number of aryl methyl sites for hydroxylation is 2. The summed E-state index contributed by atoms with van der Waals surface area (Å²) in [6.45, 7) is 0.904. The zero-order valence-electron chi connectivity index (χ0n) is 16.5. The van der Waals surface area contributed by atoms with Gasteiger partial charge in [0.1, 0.15) is 0 Å². The molecule has 3 heterocycles. The van der Waals surface area contributed by atoms with Gasteiger partial charge in [-0.1, -0.05) is 6.07 Å². The van der Waals surface area contributed by atoms with Crippen molar-refractivity contribution in [2.45, 2.75) is 19.3 Å². The number of fused-ring (bicyclic) bond motifs is 2. The van der Waals surface area contributed by atoms with Crippen molar-refractivity contribution >= 4 is 28.7 Å². The first-order valence-electron chi connectivity index (χ1n) is 9.89. The standard InChI is InChI=1S/C22H21F2N5O/c1-28-12-14(10-26-28)15-8-13-4-3-7-29(19(13)9-16(15)22(23)24)18-6-2-5-17-21(18)25-11-20(30)27-17/h2,5-6,8-10,12,22,25H,3-4,7,11H2,1H3,(H,27,30). The van der Waals surface area contributed by atoms with Crippen LogP contribution in [0.5, 0.6) is 0 Å². The lowest BCUT2D eigenvalue weighted by Crippen LogP contribution is -2.31. The fraction of sp³-hybridized carbons (Fsp3) is 0.273. The first-order chi connectivity index (χ1) is 14.5. The van der Waals surface area contributed by atoms with E-state index >= 15 is 0 Å². The summed E-state index contributed by atoms with van der Waals surface area (Å²) in [6.07, 6.45) is 2.50. The molecule has 2 aliphatic heterocycles. The zero-order valence-corrected chi connectivity index (χ0v) is 16.5. The lowest BCUT2D eigenvalue weighted by Gasteiger charge is -2.35. The Bertz CT molecular complexity index is 1140. The van der Waals surface area contributed by atoms with Crippen LogP contribution in [-0.2, 0) is 18.3 Å².